The van der Waals surface area contributed by atoms with E-state index < -0.39 is 0 Å². The first-order chi connectivity index (χ1) is 10.3. The van der Waals surface area contributed by atoms with Crippen LogP contribution in [0.3, 0.4) is 0 Å². The second-order valence-corrected chi connectivity index (χ2v) is 8.07. The lowest BCUT2D eigenvalue weighted by Crippen LogP contribution is -2.64. The van der Waals surface area contributed by atoms with Crippen molar-refractivity contribution in [1.82, 2.24) is 0 Å². The molecule has 122 valence electrons. The molecular formula is C18H26O4. The standard InChI is InChI=1S/C18H26O4/c1-10-6-7-16(4)13(8-10)21-15-9-14(20-12(3)19)17(16,5)18(15)11(2)22-18/h8,11,13-15H,6-7,9H2,1-5H3/t11-,13-,14-,15-,16+,17-,18+/m1/s1. The van der Waals surface area contributed by atoms with E-state index in [0.717, 1.165) is 19.3 Å². The first-order valence-electron chi connectivity index (χ1n) is 8.43. The average Bonchev–Trinajstić information content (AvgIpc) is 3.06. The molecule has 22 heavy (non-hydrogen) atoms. The minimum absolute atomic E-state index is 0.0251. The third-order valence-corrected chi connectivity index (χ3v) is 7.19. The molecule has 2 saturated heterocycles. The third-order valence-electron chi connectivity index (χ3n) is 7.19. The van der Waals surface area contributed by atoms with E-state index in [1.807, 2.05) is 0 Å². The van der Waals surface area contributed by atoms with Gasteiger partial charge in [-0.15, -0.1) is 0 Å². The summed E-state index contributed by atoms with van der Waals surface area (Å²) in [5.74, 6) is -0.204. The fourth-order valence-electron chi connectivity index (χ4n) is 5.72. The summed E-state index contributed by atoms with van der Waals surface area (Å²) in [5, 5.41) is 0. The van der Waals surface area contributed by atoms with Crippen LogP contribution in [0.1, 0.15) is 53.9 Å². The van der Waals surface area contributed by atoms with E-state index in [0.29, 0.717) is 0 Å². The number of carbonyl (C=O) groups excluding carboxylic acids is 1. The van der Waals surface area contributed by atoms with Crippen molar-refractivity contribution < 1.29 is 19.0 Å². The van der Waals surface area contributed by atoms with Gasteiger partial charge < -0.3 is 14.2 Å². The fourth-order valence-corrected chi connectivity index (χ4v) is 5.72. The highest BCUT2D eigenvalue weighted by Crippen LogP contribution is 2.73. The molecule has 4 nitrogen and oxygen atoms in total. The minimum atomic E-state index is -0.280. The van der Waals surface area contributed by atoms with Crippen LogP contribution in [0.2, 0.25) is 0 Å². The normalized spacial score (nSPS) is 55.6. The lowest BCUT2D eigenvalue weighted by Gasteiger charge is -2.57. The summed E-state index contributed by atoms with van der Waals surface area (Å²) in [6.45, 7) is 10.4. The van der Waals surface area contributed by atoms with Crippen molar-refractivity contribution >= 4 is 5.97 Å². The Morgan fingerprint density at radius 3 is 2.68 bits per heavy atom. The highest BCUT2D eigenvalue weighted by atomic mass is 16.7. The van der Waals surface area contributed by atoms with Crippen molar-refractivity contribution in [2.24, 2.45) is 10.8 Å². The summed E-state index contributed by atoms with van der Waals surface area (Å²) in [5.41, 5.74) is 0.854. The summed E-state index contributed by atoms with van der Waals surface area (Å²) in [7, 11) is 0. The molecule has 0 unspecified atom stereocenters. The number of epoxide rings is 1. The number of esters is 1. The fraction of sp³-hybridized carbons (Fsp3) is 0.833. The lowest BCUT2D eigenvalue weighted by molar-refractivity contribution is -0.210. The van der Waals surface area contributed by atoms with Crippen LogP contribution in [0.25, 0.3) is 0 Å². The van der Waals surface area contributed by atoms with Crippen molar-refractivity contribution in [3.63, 3.8) is 0 Å². The summed E-state index contributed by atoms with van der Waals surface area (Å²) in [6, 6.07) is 0. The molecule has 1 spiro atoms. The van der Waals surface area contributed by atoms with Crippen molar-refractivity contribution in [3.05, 3.63) is 11.6 Å². The Labute approximate surface area is 132 Å². The SMILES string of the molecule is CC(=O)O[C@@H]1C[C@H]2O[C@@H]3C=C(C)CC[C@]3(C)[C@]1(C)[C@@]21O[C@@H]1C. The molecule has 4 aliphatic rings. The second-order valence-electron chi connectivity index (χ2n) is 8.07. The zero-order valence-electron chi connectivity index (χ0n) is 14.1. The van der Waals surface area contributed by atoms with E-state index in [-0.39, 0.29) is 46.8 Å². The van der Waals surface area contributed by atoms with Gasteiger partial charge in [0.2, 0.25) is 0 Å². The molecule has 7 atom stereocenters. The van der Waals surface area contributed by atoms with Crippen molar-refractivity contribution in [2.75, 3.05) is 0 Å². The molecule has 0 aromatic rings. The molecule has 1 saturated carbocycles. The topological polar surface area (TPSA) is 48.1 Å². The van der Waals surface area contributed by atoms with E-state index in [1.165, 1.54) is 12.5 Å². The maximum Gasteiger partial charge on any atom is 0.302 e. The van der Waals surface area contributed by atoms with Crippen molar-refractivity contribution in [2.45, 2.75) is 83.9 Å². The first kappa shape index (κ1) is 14.7. The molecule has 0 N–H and O–H groups in total. The van der Waals surface area contributed by atoms with Gasteiger partial charge in [0.25, 0.3) is 0 Å². The van der Waals surface area contributed by atoms with Gasteiger partial charge in [-0.2, -0.15) is 0 Å². The molecule has 0 aromatic carbocycles. The molecule has 3 fully saturated rings. The highest BCUT2D eigenvalue weighted by molar-refractivity contribution is 5.66. The Hall–Kier alpha value is -0.870. The molecule has 4 rings (SSSR count). The second kappa shape index (κ2) is 4.15. The van der Waals surface area contributed by atoms with Gasteiger partial charge in [0.1, 0.15) is 11.7 Å². The number of hydrogen-bond donors (Lipinski definition) is 0. The van der Waals surface area contributed by atoms with E-state index in [1.54, 1.807) is 0 Å². The predicted octanol–water partition coefficient (Wildman–Crippen LogP) is 3.00. The first-order valence-corrected chi connectivity index (χ1v) is 8.43. The molecule has 0 amide bonds. The summed E-state index contributed by atoms with van der Waals surface area (Å²) in [4.78, 5) is 11.6. The van der Waals surface area contributed by atoms with Gasteiger partial charge in [0, 0.05) is 24.2 Å². The average molecular weight is 306 g/mol. The summed E-state index contributed by atoms with van der Waals surface area (Å²) < 4.78 is 18.4. The molecule has 0 aromatic heterocycles. The van der Waals surface area contributed by atoms with Crippen LogP contribution in [-0.4, -0.2) is 36.0 Å². The van der Waals surface area contributed by atoms with Gasteiger partial charge in [-0.05, 0) is 26.7 Å². The predicted molar refractivity (Wildman–Crippen MR) is 81.3 cm³/mol. The lowest BCUT2D eigenvalue weighted by atomic mass is 9.51. The maximum absolute atomic E-state index is 11.6. The highest BCUT2D eigenvalue weighted by Gasteiger charge is 2.84. The molecule has 2 aliphatic carbocycles. The third kappa shape index (κ3) is 1.44. The van der Waals surface area contributed by atoms with Crippen LogP contribution in [0.5, 0.6) is 0 Å². The molecule has 0 radical (unpaired) electrons. The van der Waals surface area contributed by atoms with Gasteiger partial charge in [0.05, 0.1) is 18.3 Å². The Kier molecular flexibility index (Phi) is 2.77. The van der Waals surface area contributed by atoms with E-state index in [4.69, 9.17) is 14.2 Å². The number of carbonyl (C=O) groups is 1. The number of fused-ring (bicyclic) bond motifs is 2. The van der Waals surface area contributed by atoms with Crippen molar-refractivity contribution in [3.8, 4) is 0 Å². The number of ether oxygens (including phenoxy) is 3. The Bertz CT molecular complexity index is 569. The van der Waals surface area contributed by atoms with E-state index in [9.17, 15) is 4.79 Å². The van der Waals surface area contributed by atoms with Crippen LogP contribution in [0.15, 0.2) is 11.6 Å². The smallest absolute Gasteiger partial charge is 0.302 e. The Morgan fingerprint density at radius 2 is 2.09 bits per heavy atom. The molecule has 2 aliphatic heterocycles. The van der Waals surface area contributed by atoms with Crippen LogP contribution in [-0.2, 0) is 19.0 Å². The Balaban J connectivity index is 1.83. The van der Waals surface area contributed by atoms with Gasteiger partial charge >= 0.3 is 5.97 Å². The zero-order chi connectivity index (χ0) is 15.9. The summed E-state index contributed by atoms with van der Waals surface area (Å²) >= 11 is 0. The number of allylic oxidation sites excluding steroid dienone is 1. The molecule has 4 heteroatoms. The minimum Gasteiger partial charge on any atom is -0.462 e. The molecular weight excluding hydrogens is 280 g/mol. The van der Waals surface area contributed by atoms with E-state index >= 15 is 0 Å². The number of rotatable bonds is 1. The molecule has 2 heterocycles. The zero-order valence-corrected chi connectivity index (χ0v) is 14.1. The summed E-state index contributed by atoms with van der Waals surface area (Å²) in [6.07, 6.45) is 5.34. The van der Waals surface area contributed by atoms with Gasteiger partial charge in [-0.25, -0.2) is 0 Å². The van der Waals surface area contributed by atoms with Crippen LogP contribution in [0.4, 0.5) is 0 Å². The van der Waals surface area contributed by atoms with Gasteiger partial charge in [-0.1, -0.05) is 25.5 Å². The largest absolute Gasteiger partial charge is 0.462 e. The molecule has 2 bridgehead atoms. The van der Waals surface area contributed by atoms with Gasteiger partial charge in [-0.3, -0.25) is 4.79 Å². The Morgan fingerprint density at radius 1 is 1.41 bits per heavy atom. The van der Waals surface area contributed by atoms with Crippen LogP contribution in [0, 0.1) is 10.8 Å². The monoisotopic (exact) mass is 306 g/mol. The quantitative estimate of drug-likeness (QED) is 0.424. The van der Waals surface area contributed by atoms with Crippen LogP contribution >= 0.6 is 0 Å². The van der Waals surface area contributed by atoms with E-state index in [2.05, 4.69) is 33.8 Å². The van der Waals surface area contributed by atoms with Gasteiger partial charge in [0.15, 0.2) is 0 Å². The number of hydrogen-bond acceptors (Lipinski definition) is 4. The van der Waals surface area contributed by atoms with Crippen molar-refractivity contribution in [1.29, 1.82) is 0 Å². The van der Waals surface area contributed by atoms with Crippen LogP contribution < -0.4 is 0 Å². The maximum atomic E-state index is 11.6.